The third-order valence-electron chi connectivity index (χ3n) is 1.89. The molecule has 0 unspecified atom stereocenters. The molecule has 1 aliphatic heterocycles. The van der Waals surface area contributed by atoms with Crippen LogP contribution in [0.1, 0.15) is 6.42 Å². The average molecular weight is 219 g/mol. The molecule has 0 amide bonds. The highest BCUT2D eigenvalue weighted by Crippen LogP contribution is 1.99. The van der Waals surface area contributed by atoms with Crippen molar-refractivity contribution < 1.29 is 14.4 Å². The summed E-state index contributed by atoms with van der Waals surface area (Å²) in [5, 5.41) is 9.26. The van der Waals surface area contributed by atoms with Crippen molar-refractivity contribution in [2.45, 2.75) is 18.6 Å². The van der Waals surface area contributed by atoms with Gasteiger partial charge in [0.25, 0.3) is 0 Å². The largest absolute Gasteiger partial charge is 0.492 e. The van der Waals surface area contributed by atoms with Crippen LogP contribution in [-0.4, -0.2) is 42.4 Å². The van der Waals surface area contributed by atoms with Crippen LogP contribution in [0.4, 0.5) is 0 Å². The van der Waals surface area contributed by atoms with Gasteiger partial charge in [0.15, 0.2) is 0 Å². The first kappa shape index (κ1) is 11.5. The summed E-state index contributed by atoms with van der Waals surface area (Å²) in [5.74, 6) is 0. The van der Waals surface area contributed by atoms with Crippen LogP contribution < -0.4 is 16.0 Å². The molecule has 82 valence electrons. The van der Waals surface area contributed by atoms with Gasteiger partial charge >= 0.3 is 8.80 Å². The van der Waals surface area contributed by atoms with Crippen LogP contribution >= 0.6 is 0 Å². The molecule has 0 aromatic heterocycles. The molecule has 7 heteroatoms. The average Bonchev–Trinajstić information content (AvgIpc) is 2.54. The molecule has 6 N–H and O–H groups in total. The number of hydrogen-bond donors (Lipinski definition) is 6. The Morgan fingerprint density at radius 1 is 1.21 bits per heavy atom. The first-order valence-electron chi connectivity index (χ1n) is 4.63. The molecular weight excluding hydrogens is 202 g/mol. The lowest BCUT2D eigenvalue weighted by Crippen LogP contribution is -2.41. The Morgan fingerprint density at radius 2 is 1.86 bits per heavy atom. The van der Waals surface area contributed by atoms with Gasteiger partial charge in [-0.05, 0) is 13.0 Å². The summed E-state index contributed by atoms with van der Waals surface area (Å²) in [6, 6.07) is 0.0871. The first-order chi connectivity index (χ1) is 6.58. The van der Waals surface area contributed by atoms with Gasteiger partial charge in [0, 0.05) is 25.0 Å². The number of rotatable bonds is 6. The van der Waals surface area contributed by atoms with Gasteiger partial charge in [-0.2, -0.15) is 0 Å². The highest BCUT2D eigenvalue weighted by molar-refractivity contribution is 6.56. The number of hydrogen-bond acceptors (Lipinski definition) is 6. The summed E-state index contributed by atoms with van der Waals surface area (Å²) < 4.78 is 0. The van der Waals surface area contributed by atoms with Crippen molar-refractivity contribution in [3.63, 3.8) is 0 Å². The Morgan fingerprint density at radius 3 is 2.43 bits per heavy atom. The normalized spacial score (nSPS) is 16.8. The highest BCUT2D eigenvalue weighted by atomic mass is 28.4. The van der Waals surface area contributed by atoms with E-state index in [1.54, 1.807) is 0 Å². The quantitative estimate of drug-likeness (QED) is 0.226. The molecule has 0 radical (unpaired) electrons. The molecule has 1 heterocycles. The molecule has 1 rings (SSSR count). The van der Waals surface area contributed by atoms with Gasteiger partial charge in [-0.1, -0.05) is 0 Å². The fourth-order valence-electron chi connectivity index (χ4n) is 1.19. The van der Waals surface area contributed by atoms with E-state index in [1.165, 1.54) is 0 Å². The van der Waals surface area contributed by atoms with Crippen LogP contribution in [0, 0.1) is 0 Å². The molecule has 6 nitrogen and oxygen atoms in total. The summed E-state index contributed by atoms with van der Waals surface area (Å²) in [6.45, 7) is 1.42. The van der Waals surface area contributed by atoms with Gasteiger partial charge in [-0.15, -0.1) is 0 Å². The molecule has 1 aliphatic rings. The van der Waals surface area contributed by atoms with Crippen molar-refractivity contribution in [3.8, 4) is 0 Å². The zero-order chi connectivity index (χ0) is 10.4. The molecule has 0 fully saturated rings. The van der Waals surface area contributed by atoms with Gasteiger partial charge in [-0.3, -0.25) is 0 Å². The second-order valence-electron chi connectivity index (χ2n) is 3.30. The molecule has 0 spiro atoms. The van der Waals surface area contributed by atoms with Crippen LogP contribution in [0.15, 0.2) is 12.4 Å². The van der Waals surface area contributed by atoms with Gasteiger partial charge in [0.1, 0.15) is 6.17 Å². The van der Waals surface area contributed by atoms with Crippen molar-refractivity contribution in [3.05, 3.63) is 12.4 Å². The Balaban J connectivity index is 1.89. The van der Waals surface area contributed by atoms with Crippen LogP contribution in [0.2, 0.25) is 6.04 Å². The molecule has 0 bridgehead atoms. The van der Waals surface area contributed by atoms with Crippen molar-refractivity contribution >= 4 is 8.80 Å². The van der Waals surface area contributed by atoms with E-state index in [2.05, 4.69) is 16.0 Å². The minimum atomic E-state index is -3.82. The smallest absolute Gasteiger partial charge is 0.390 e. The maximum absolute atomic E-state index is 8.72. The third kappa shape index (κ3) is 5.20. The van der Waals surface area contributed by atoms with E-state index in [0.29, 0.717) is 13.0 Å². The summed E-state index contributed by atoms with van der Waals surface area (Å²) in [5.41, 5.74) is 0. The minimum absolute atomic E-state index is 0.0871. The van der Waals surface area contributed by atoms with E-state index in [4.69, 9.17) is 14.4 Å². The van der Waals surface area contributed by atoms with Crippen molar-refractivity contribution in [1.82, 2.24) is 16.0 Å². The molecule has 0 aliphatic carbocycles. The molecule has 0 aromatic carbocycles. The Labute approximate surface area is 84.0 Å². The zero-order valence-electron chi connectivity index (χ0n) is 7.90. The fourth-order valence-corrected chi connectivity index (χ4v) is 1.84. The van der Waals surface area contributed by atoms with Gasteiger partial charge in [0.05, 0.1) is 0 Å². The van der Waals surface area contributed by atoms with E-state index in [-0.39, 0.29) is 12.2 Å². The Kier molecular flexibility index (Phi) is 4.36. The second kappa shape index (κ2) is 5.32. The molecule has 0 atom stereocenters. The van der Waals surface area contributed by atoms with E-state index >= 15 is 0 Å². The maximum Gasteiger partial charge on any atom is 0.492 e. The molecular formula is C7H17N3O3Si. The Hall–Kier alpha value is -0.603. The minimum Gasteiger partial charge on any atom is -0.390 e. The summed E-state index contributed by atoms with van der Waals surface area (Å²) in [7, 11) is -3.82. The van der Waals surface area contributed by atoms with E-state index in [0.717, 1.165) is 6.54 Å². The highest BCUT2D eigenvalue weighted by Gasteiger charge is 2.25. The van der Waals surface area contributed by atoms with Gasteiger partial charge in [-0.25, -0.2) is 0 Å². The van der Waals surface area contributed by atoms with Crippen LogP contribution in [-0.2, 0) is 0 Å². The lowest BCUT2D eigenvalue weighted by molar-refractivity contribution is 0.226. The molecule has 0 saturated carbocycles. The Bertz CT molecular complexity index is 187. The summed E-state index contributed by atoms with van der Waals surface area (Å²) >= 11 is 0. The summed E-state index contributed by atoms with van der Waals surface area (Å²) in [6.07, 6.45) is 4.43. The van der Waals surface area contributed by atoms with Crippen LogP contribution in [0.3, 0.4) is 0 Å². The fraction of sp³-hybridized carbons (Fsp3) is 0.714. The zero-order valence-corrected chi connectivity index (χ0v) is 8.90. The third-order valence-corrected chi connectivity index (χ3v) is 2.92. The first-order valence-corrected chi connectivity index (χ1v) is 6.68. The van der Waals surface area contributed by atoms with Crippen molar-refractivity contribution in [1.29, 1.82) is 0 Å². The predicted molar refractivity (Wildman–Crippen MR) is 53.9 cm³/mol. The molecule has 14 heavy (non-hydrogen) atoms. The van der Waals surface area contributed by atoms with Crippen molar-refractivity contribution in [2.75, 3.05) is 13.1 Å². The van der Waals surface area contributed by atoms with Gasteiger partial charge in [0.2, 0.25) is 0 Å². The maximum atomic E-state index is 8.72. The van der Waals surface area contributed by atoms with E-state index < -0.39 is 8.80 Å². The standard InChI is InChI=1S/C7H17N3O3Si/c11-14(12,13)5-1-2-8-6-7-9-3-4-10-7/h3-4,7-13H,1-2,5-6H2. The van der Waals surface area contributed by atoms with E-state index in [9.17, 15) is 0 Å². The lowest BCUT2D eigenvalue weighted by atomic mass is 10.4. The SMILES string of the molecule is O[Si](O)(O)CCCNCC1NC=CN1. The lowest BCUT2D eigenvalue weighted by Gasteiger charge is -2.13. The molecule has 0 saturated heterocycles. The number of nitrogens with one attached hydrogen (secondary N) is 3. The summed E-state index contributed by atoms with van der Waals surface area (Å²) in [4.78, 5) is 26.1. The van der Waals surface area contributed by atoms with Crippen LogP contribution in [0.25, 0.3) is 0 Å². The van der Waals surface area contributed by atoms with Crippen molar-refractivity contribution in [2.24, 2.45) is 0 Å². The molecule has 0 aromatic rings. The van der Waals surface area contributed by atoms with E-state index in [1.807, 2.05) is 12.4 Å². The second-order valence-corrected chi connectivity index (χ2v) is 5.35. The predicted octanol–water partition coefficient (Wildman–Crippen LogP) is -2.13. The topological polar surface area (TPSA) is 96.8 Å². The monoisotopic (exact) mass is 219 g/mol. The van der Waals surface area contributed by atoms with Gasteiger partial charge < -0.3 is 30.3 Å². The van der Waals surface area contributed by atoms with Crippen LogP contribution in [0.5, 0.6) is 0 Å².